The van der Waals surface area contributed by atoms with Crippen molar-refractivity contribution in [3.05, 3.63) is 23.8 Å². The Kier molecular flexibility index (Phi) is 3.97. The first-order valence-corrected chi connectivity index (χ1v) is 6.45. The summed E-state index contributed by atoms with van der Waals surface area (Å²) in [5, 5.41) is 9.66. The highest BCUT2D eigenvalue weighted by Gasteiger charge is 2.15. The zero-order chi connectivity index (χ0) is 10.5. The molecule has 1 heterocycles. The van der Waals surface area contributed by atoms with Crippen molar-refractivity contribution in [2.45, 2.75) is 43.3 Å². The summed E-state index contributed by atoms with van der Waals surface area (Å²) in [6.07, 6.45) is 8.86. The number of aliphatic hydroxyl groups is 1. The average molecular weight is 224 g/mol. The largest absolute Gasteiger partial charge is 0.392 e. The van der Waals surface area contributed by atoms with Gasteiger partial charge in [0.1, 0.15) is 5.82 Å². The molecule has 1 aromatic heterocycles. The molecule has 1 aliphatic carbocycles. The van der Waals surface area contributed by atoms with Gasteiger partial charge < -0.3 is 5.11 Å². The second-order valence-electron chi connectivity index (χ2n) is 3.88. The summed E-state index contributed by atoms with van der Waals surface area (Å²) in [5.74, 6) is 1.78. The third-order valence-electron chi connectivity index (χ3n) is 2.69. The fourth-order valence-corrected chi connectivity index (χ4v) is 2.99. The zero-order valence-electron chi connectivity index (χ0n) is 8.72. The van der Waals surface area contributed by atoms with Gasteiger partial charge in [-0.25, -0.2) is 9.97 Å². The summed E-state index contributed by atoms with van der Waals surface area (Å²) in [4.78, 5) is 8.44. The SMILES string of the molecule is OCc1cnc(CSC2CCCC2)nc1. The van der Waals surface area contributed by atoms with Crippen molar-refractivity contribution in [3.63, 3.8) is 0 Å². The predicted molar refractivity (Wildman–Crippen MR) is 61.5 cm³/mol. The Morgan fingerprint density at radius 3 is 2.53 bits per heavy atom. The van der Waals surface area contributed by atoms with Crippen molar-refractivity contribution in [2.75, 3.05) is 0 Å². The Labute approximate surface area is 94.3 Å². The van der Waals surface area contributed by atoms with Crippen LogP contribution in [0.4, 0.5) is 0 Å². The average Bonchev–Trinajstić information content (AvgIpc) is 2.80. The Morgan fingerprint density at radius 2 is 1.93 bits per heavy atom. The highest BCUT2D eigenvalue weighted by Crippen LogP contribution is 2.30. The molecule has 0 amide bonds. The third-order valence-corrected chi connectivity index (χ3v) is 4.06. The number of aliphatic hydroxyl groups excluding tert-OH is 1. The molecule has 0 bridgehead atoms. The lowest BCUT2D eigenvalue weighted by atomic mass is 10.4. The molecule has 82 valence electrons. The van der Waals surface area contributed by atoms with Crippen LogP contribution in [0, 0.1) is 0 Å². The van der Waals surface area contributed by atoms with Crippen LogP contribution in [-0.2, 0) is 12.4 Å². The lowest BCUT2D eigenvalue weighted by Crippen LogP contribution is -1.99. The Balaban J connectivity index is 1.82. The maximum absolute atomic E-state index is 8.85. The quantitative estimate of drug-likeness (QED) is 0.851. The molecule has 1 aromatic rings. The molecule has 0 aromatic carbocycles. The first-order valence-electron chi connectivity index (χ1n) is 5.41. The van der Waals surface area contributed by atoms with Gasteiger partial charge in [-0.2, -0.15) is 11.8 Å². The van der Waals surface area contributed by atoms with Crippen molar-refractivity contribution in [2.24, 2.45) is 0 Å². The molecular weight excluding hydrogens is 208 g/mol. The van der Waals surface area contributed by atoms with E-state index in [1.807, 2.05) is 11.8 Å². The molecule has 1 N–H and O–H groups in total. The van der Waals surface area contributed by atoms with E-state index in [-0.39, 0.29) is 6.61 Å². The molecule has 1 fully saturated rings. The molecule has 3 nitrogen and oxygen atoms in total. The molecule has 0 saturated heterocycles. The maximum Gasteiger partial charge on any atom is 0.138 e. The minimum absolute atomic E-state index is 0.0239. The maximum atomic E-state index is 8.85. The molecule has 2 rings (SSSR count). The van der Waals surface area contributed by atoms with Crippen molar-refractivity contribution in [3.8, 4) is 0 Å². The van der Waals surface area contributed by atoms with Crippen LogP contribution in [0.15, 0.2) is 12.4 Å². The first kappa shape index (κ1) is 10.9. The van der Waals surface area contributed by atoms with Gasteiger partial charge in [-0.1, -0.05) is 12.8 Å². The molecule has 15 heavy (non-hydrogen) atoms. The van der Waals surface area contributed by atoms with Crippen LogP contribution in [0.1, 0.15) is 37.1 Å². The highest BCUT2D eigenvalue weighted by molar-refractivity contribution is 7.99. The molecular formula is C11H16N2OS. The zero-order valence-corrected chi connectivity index (χ0v) is 9.54. The highest BCUT2D eigenvalue weighted by atomic mass is 32.2. The van der Waals surface area contributed by atoms with Crippen molar-refractivity contribution in [1.82, 2.24) is 9.97 Å². The minimum atomic E-state index is 0.0239. The van der Waals surface area contributed by atoms with Gasteiger partial charge in [0, 0.05) is 23.2 Å². The van der Waals surface area contributed by atoms with Crippen LogP contribution >= 0.6 is 11.8 Å². The van der Waals surface area contributed by atoms with Gasteiger partial charge in [0.25, 0.3) is 0 Å². The molecule has 0 unspecified atom stereocenters. The van der Waals surface area contributed by atoms with E-state index in [1.165, 1.54) is 25.7 Å². The van der Waals surface area contributed by atoms with Crippen LogP contribution in [0.3, 0.4) is 0 Å². The normalized spacial score (nSPS) is 17.1. The summed E-state index contributed by atoms with van der Waals surface area (Å²) in [6, 6.07) is 0. The van der Waals surface area contributed by atoms with E-state index in [0.29, 0.717) is 0 Å². The molecule has 4 heteroatoms. The van der Waals surface area contributed by atoms with E-state index in [9.17, 15) is 0 Å². The lowest BCUT2D eigenvalue weighted by Gasteiger charge is -2.07. The Morgan fingerprint density at radius 1 is 1.27 bits per heavy atom. The van der Waals surface area contributed by atoms with Crippen molar-refractivity contribution < 1.29 is 5.11 Å². The Hall–Kier alpha value is -0.610. The number of thioether (sulfide) groups is 1. The van der Waals surface area contributed by atoms with E-state index in [4.69, 9.17) is 5.11 Å². The second kappa shape index (κ2) is 5.47. The number of nitrogens with zero attached hydrogens (tertiary/aromatic N) is 2. The van der Waals surface area contributed by atoms with Gasteiger partial charge in [-0.15, -0.1) is 0 Å². The smallest absolute Gasteiger partial charge is 0.138 e. The van der Waals surface area contributed by atoms with Gasteiger partial charge in [0.2, 0.25) is 0 Å². The van der Waals surface area contributed by atoms with E-state index in [2.05, 4.69) is 9.97 Å². The fourth-order valence-electron chi connectivity index (χ4n) is 1.79. The van der Waals surface area contributed by atoms with E-state index < -0.39 is 0 Å². The van der Waals surface area contributed by atoms with Crippen LogP contribution in [0.2, 0.25) is 0 Å². The van der Waals surface area contributed by atoms with Crippen LogP contribution in [0.25, 0.3) is 0 Å². The molecule has 0 atom stereocenters. The van der Waals surface area contributed by atoms with E-state index in [0.717, 1.165) is 22.4 Å². The predicted octanol–water partition coefficient (Wildman–Crippen LogP) is 2.14. The van der Waals surface area contributed by atoms with Crippen LogP contribution in [-0.4, -0.2) is 20.3 Å². The lowest BCUT2D eigenvalue weighted by molar-refractivity contribution is 0.281. The summed E-state index contributed by atoms with van der Waals surface area (Å²) in [7, 11) is 0. The van der Waals surface area contributed by atoms with E-state index >= 15 is 0 Å². The number of hydrogen-bond acceptors (Lipinski definition) is 4. The van der Waals surface area contributed by atoms with Gasteiger partial charge >= 0.3 is 0 Å². The summed E-state index contributed by atoms with van der Waals surface area (Å²) < 4.78 is 0. The van der Waals surface area contributed by atoms with Gasteiger partial charge in [0.15, 0.2) is 0 Å². The van der Waals surface area contributed by atoms with Gasteiger partial charge in [0.05, 0.1) is 12.4 Å². The third kappa shape index (κ3) is 3.18. The molecule has 1 aliphatic rings. The summed E-state index contributed by atoms with van der Waals surface area (Å²) in [6.45, 7) is 0.0239. The standard InChI is InChI=1S/C11H16N2OS/c14-7-9-5-12-11(13-6-9)8-15-10-3-1-2-4-10/h5-6,10,14H,1-4,7-8H2. The summed E-state index contributed by atoms with van der Waals surface area (Å²) in [5.41, 5.74) is 0.782. The van der Waals surface area contributed by atoms with E-state index in [1.54, 1.807) is 12.4 Å². The van der Waals surface area contributed by atoms with Gasteiger partial charge in [-0.05, 0) is 12.8 Å². The summed E-state index contributed by atoms with van der Waals surface area (Å²) >= 11 is 1.96. The molecule has 0 radical (unpaired) electrons. The monoisotopic (exact) mass is 224 g/mol. The first-order chi connectivity index (χ1) is 7.38. The number of hydrogen-bond donors (Lipinski definition) is 1. The topological polar surface area (TPSA) is 46.0 Å². The minimum Gasteiger partial charge on any atom is -0.392 e. The van der Waals surface area contributed by atoms with Crippen molar-refractivity contribution in [1.29, 1.82) is 0 Å². The molecule has 0 spiro atoms. The fraction of sp³-hybridized carbons (Fsp3) is 0.636. The molecule has 1 saturated carbocycles. The van der Waals surface area contributed by atoms with Crippen LogP contribution in [0.5, 0.6) is 0 Å². The number of rotatable bonds is 4. The number of aromatic nitrogens is 2. The second-order valence-corrected chi connectivity index (χ2v) is 5.17. The van der Waals surface area contributed by atoms with Crippen LogP contribution < -0.4 is 0 Å². The molecule has 0 aliphatic heterocycles. The van der Waals surface area contributed by atoms with Crippen molar-refractivity contribution >= 4 is 11.8 Å². The van der Waals surface area contributed by atoms with Gasteiger partial charge in [-0.3, -0.25) is 0 Å². The Bertz CT molecular complexity index is 296.